The highest BCUT2D eigenvalue weighted by Crippen LogP contribution is 2.37. The van der Waals surface area contributed by atoms with E-state index >= 15 is 0 Å². The lowest BCUT2D eigenvalue weighted by Gasteiger charge is -2.51. The van der Waals surface area contributed by atoms with Gasteiger partial charge in [-0.25, -0.2) is 9.18 Å². The van der Waals surface area contributed by atoms with Crippen molar-refractivity contribution in [3.05, 3.63) is 22.6 Å². The first-order valence-corrected chi connectivity index (χ1v) is 9.50. The second kappa shape index (κ2) is 8.19. The molecule has 2 rings (SSSR count). The van der Waals surface area contributed by atoms with Gasteiger partial charge in [-0.05, 0) is 46.6 Å². The zero-order valence-corrected chi connectivity index (χ0v) is 17.3. The van der Waals surface area contributed by atoms with E-state index in [1.54, 1.807) is 4.90 Å². The molecule has 8 heteroatoms. The van der Waals surface area contributed by atoms with E-state index in [-0.39, 0.29) is 28.8 Å². The van der Waals surface area contributed by atoms with E-state index in [2.05, 4.69) is 4.98 Å². The summed E-state index contributed by atoms with van der Waals surface area (Å²) in [5.41, 5.74) is -0.719. The number of carbonyl (C=O) groups is 1. The molecule has 1 amide bonds. The third-order valence-corrected chi connectivity index (χ3v) is 4.95. The summed E-state index contributed by atoms with van der Waals surface area (Å²) in [5.74, 6) is -0.592. The number of hydrogen-bond acceptors (Lipinski definition) is 5. The van der Waals surface area contributed by atoms with Gasteiger partial charge in [0.2, 0.25) is 5.88 Å². The summed E-state index contributed by atoms with van der Waals surface area (Å²) in [6.07, 6.45) is 1.42. The average Bonchev–Trinajstić information content (AvgIpc) is 2.54. The SMILES string of the molecule is CCC(CC1(C)CCN1C(=O)OC(C)(C)C)Oc1nc(Cl)c(F)cc1CO. The summed E-state index contributed by atoms with van der Waals surface area (Å²) in [7, 11) is 0. The summed E-state index contributed by atoms with van der Waals surface area (Å²) in [6, 6.07) is 1.12. The fourth-order valence-corrected chi connectivity index (χ4v) is 3.20. The summed E-state index contributed by atoms with van der Waals surface area (Å²) in [6.45, 7) is 9.66. The number of hydrogen-bond donors (Lipinski definition) is 1. The third-order valence-electron chi connectivity index (χ3n) is 4.68. The molecule has 1 aliphatic rings. The average molecular weight is 403 g/mol. The van der Waals surface area contributed by atoms with Gasteiger partial charge in [0.15, 0.2) is 11.0 Å². The number of ether oxygens (including phenoxy) is 2. The van der Waals surface area contributed by atoms with Crippen LogP contribution in [-0.2, 0) is 11.3 Å². The molecule has 1 aromatic heterocycles. The summed E-state index contributed by atoms with van der Waals surface area (Å²) < 4.78 is 25.0. The van der Waals surface area contributed by atoms with Crippen LogP contribution in [0.15, 0.2) is 6.07 Å². The van der Waals surface area contributed by atoms with Crippen LogP contribution in [0, 0.1) is 5.82 Å². The van der Waals surface area contributed by atoms with Gasteiger partial charge in [-0.3, -0.25) is 0 Å². The van der Waals surface area contributed by atoms with Crippen molar-refractivity contribution in [2.75, 3.05) is 6.54 Å². The van der Waals surface area contributed by atoms with E-state index in [1.807, 2.05) is 34.6 Å². The Bertz CT molecular complexity index is 695. The highest BCUT2D eigenvalue weighted by atomic mass is 35.5. The number of carbonyl (C=O) groups excluding carboxylic acids is 1. The third kappa shape index (κ3) is 5.23. The first-order chi connectivity index (χ1) is 12.5. The second-order valence-electron chi connectivity index (χ2n) is 8.11. The molecule has 2 heterocycles. The molecule has 1 fully saturated rings. The number of aliphatic hydroxyl groups excluding tert-OH is 1. The number of aliphatic hydroxyl groups is 1. The number of likely N-dealkylation sites (tertiary alicyclic amines) is 1. The summed E-state index contributed by atoms with van der Waals surface area (Å²) in [5, 5.41) is 9.13. The first kappa shape index (κ1) is 21.7. The lowest BCUT2D eigenvalue weighted by atomic mass is 9.81. The molecule has 2 unspecified atom stereocenters. The lowest BCUT2D eigenvalue weighted by Crippen LogP contribution is -2.62. The number of aromatic nitrogens is 1. The second-order valence-corrected chi connectivity index (χ2v) is 8.47. The van der Waals surface area contributed by atoms with Crippen molar-refractivity contribution >= 4 is 17.7 Å². The number of rotatable bonds is 6. The van der Waals surface area contributed by atoms with Crippen molar-refractivity contribution < 1.29 is 23.8 Å². The molecular weight excluding hydrogens is 375 g/mol. The molecule has 0 radical (unpaired) electrons. The maximum absolute atomic E-state index is 13.6. The molecule has 27 heavy (non-hydrogen) atoms. The largest absolute Gasteiger partial charge is 0.474 e. The fourth-order valence-electron chi connectivity index (χ4n) is 3.07. The van der Waals surface area contributed by atoms with Crippen molar-refractivity contribution in [1.82, 2.24) is 9.88 Å². The molecular formula is C19H28ClFN2O4. The maximum Gasteiger partial charge on any atom is 0.410 e. The van der Waals surface area contributed by atoms with Gasteiger partial charge >= 0.3 is 6.09 Å². The number of nitrogens with zero attached hydrogens (tertiary/aromatic N) is 2. The van der Waals surface area contributed by atoms with Gasteiger partial charge in [0.25, 0.3) is 0 Å². The molecule has 0 aliphatic carbocycles. The predicted molar refractivity (Wildman–Crippen MR) is 100 cm³/mol. The zero-order chi connectivity index (χ0) is 20.4. The van der Waals surface area contributed by atoms with Crippen LogP contribution in [0.5, 0.6) is 5.88 Å². The Hall–Kier alpha value is -1.60. The molecule has 6 nitrogen and oxygen atoms in total. The highest BCUT2D eigenvalue weighted by molar-refractivity contribution is 6.29. The predicted octanol–water partition coefficient (Wildman–Crippen LogP) is 4.31. The standard InChI is InChI=1S/C19H28ClFN2O4/c1-6-13(26-16-12(11-24)9-14(21)15(20)22-16)10-19(5)7-8-23(19)17(25)27-18(2,3)4/h9,13,24H,6-8,10-11H2,1-5H3. The number of halogens is 2. The van der Waals surface area contributed by atoms with Crippen molar-refractivity contribution in [2.45, 2.75) is 77.7 Å². The molecule has 1 aromatic rings. The Morgan fingerprint density at radius 3 is 2.67 bits per heavy atom. The summed E-state index contributed by atoms with van der Waals surface area (Å²) >= 11 is 5.75. The number of amides is 1. The van der Waals surface area contributed by atoms with E-state index in [4.69, 9.17) is 21.1 Å². The van der Waals surface area contributed by atoms with Gasteiger partial charge in [0.1, 0.15) is 11.7 Å². The van der Waals surface area contributed by atoms with Crippen molar-refractivity contribution in [2.24, 2.45) is 0 Å². The van der Waals surface area contributed by atoms with E-state index in [0.717, 1.165) is 12.5 Å². The zero-order valence-electron chi connectivity index (χ0n) is 16.5. The van der Waals surface area contributed by atoms with Crippen molar-refractivity contribution in [1.29, 1.82) is 0 Å². The van der Waals surface area contributed by atoms with Gasteiger partial charge in [0, 0.05) is 24.1 Å². The molecule has 152 valence electrons. The molecule has 0 aromatic carbocycles. The summed E-state index contributed by atoms with van der Waals surface area (Å²) in [4.78, 5) is 18.0. The first-order valence-electron chi connectivity index (χ1n) is 9.12. The van der Waals surface area contributed by atoms with Crippen LogP contribution in [0.1, 0.15) is 59.4 Å². The number of pyridine rings is 1. The van der Waals surface area contributed by atoms with Gasteiger partial charge in [-0.15, -0.1) is 0 Å². The van der Waals surface area contributed by atoms with E-state index in [0.29, 0.717) is 19.4 Å². The van der Waals surface area contributed by atoms with Crippen molar-refractivity contribution in [3.8, 4) is 5.88 Å². The Morgan fingerprint density at radius 2 is 2.19 bits per heavy atom. The molecule has 0 spiro atoms. The van der Waals surface area contributed by atoms with E-state index < -0.39 is 23.6 Å². The molecule has 0 saturated carbocycles. The minimum atomic E-state index is -0.705. The van der Waals surface area contributed by atoms with Crippen LogP contribution in [-0.4, -0.2) is 44.9 Å². The minimum Gasteiger partial charge on any atom is -0.474 e. The van der Waals surface area contributed by atoms with Crippen LogP contribution in [0.3, 0.4) is 0 Å². The monoisotopic (exact) mass is 402 g/mol. The molecule has 2 atom stereocenters. The lowest BCUT2D eigenvalue weighted by molar-refractivity contribution is -0.0526. The topological polar surface area (TPSA) is 71.9 Å². The molecule has 1 N–H and O–H groups in total. The Balaban J connectivity index is 2.11. The maximum atomic E-state index is 13.6. The van der Waals surface area contributed by atoms with Crippen LogP contribution >= 0.6 is 11.6 Å². The Labute approximate surface area is 164 Å². The van der Waals surface area contributed by atoms with Gasteiger partial charge in [-0.1, -0.05) is 18.5 Å². The minimum absolute atomic E-state index is 0.113. The van der Waals surface area contributed by atoms with E-state index in [9.17, 15) is 14.3 Å². The Morgan fingerprint density at radius 1 is 1.52 bits per heavy atom. The molecule has 1 aliphatic heterocycles. The van der Waals surface area contributed by atoms with Gasteiger partial charge in [-0.2, -0.15) is 4.98 Å². The van der Waals surface area contributed by atoms with E-state index in [1.165, 1.54) is 0 Å². The van der Waals surface area contributed by atoms with Crippen LogP contribution in [0.2, 0.25) is 5.15 Å². The quantitative estimate of drug-likeness (QED) is 0.717. The van der Waals surface area contributed by atoms with Gasteiger partial charge < -0.3 is 19.5 Å². The molecule has 1 saturated heterocycles. The normalized spacial score (nSPS) is 20.8. The van der Waals surface area contributed by atoms with Gasteiger partial charge in [0.05, 0.1) is 6.61 Å². The van der Waals surface area contributed by atoms with Crippen LogP contribution < -0.4 is 4.74 Å². The highest BCUT2D eigenvalue weighted by Gasteiger charge is 2.46. The van der Waals surface area contributed by atoms with Crippen LogP contribution in [0.4, 0.5) is 9.18 Å². The Kier molecular flexibility index (Phi) is 6.58. The fraction of sp³-hybridized carbons (Fsp3) is 0.684. The molecule has 0 bridgehead atoms. The van der Waals surface area contributed by atoms with Crippen molar-refractivity contribution in [3.63, 3.8) is 0 Å². The smallest absolute Gasteiger partial charge is 0.410 e. The van der Waals surface area contributed by atoms with Crippen LogP contribution in [0.25, 0.3) is 0 Å².